The molecule has 0 saturated carbocycles. The fourth-order valence-corrected chi connectivity index (χ4v) is 4.58. The van der Waals surface area contributed by atoms with Crippen molar-refractivity contribution < 1.29 is 9.31 Å². The van der Waals surface area contributed by atoms with Crippen LogP contribution in [0.25, 0.3) is 21.8 Å². The molecule has 1 aliphatic carbocycles. The molecule has 2 heterocycles. The molecule has 1 saturated heterocycles. The molecule has 135 valence electrons. The average Bonchev–Trinajstić information content (AvgIpc) is 3.02. The van der Waals surface area contributed by atoms with Gasteiger partial charge in [0.2, 0.25) is 0 Å². The molecular weight excluding hydrogens is 332 g/mol. The topological polar surface area (TPSA) is 23.4 Å². The van der Waals surface area contributed by atoms with E-state index in [4.69, 9.17) is 16.8 Å². The van der Waals surface area contributed by atoms with Crippen molar-refractivity contribution in [2.75, 3.05) is 0 Å². The second-order valence-corrected chi connectivity index (χ2v) is 9.00. The maximum atomic E-state index is 6.31. The SMILES string of the molecule is [B]=Cn1c2cc(C)cc3c2c2c(cc(B4OC(C)(C)C(C)(C)O4)cc21)CC3. The van der Waals surface area contributed by atoms with Gasteiger partial charge in [0.1, 0.15) is 0 Å². The van der Waals surface area contributed by atoms with Crippen LogP contribution in [0.4, 0.5) is 0 Å². The number of aromatic nitrogens is 1. The summed E-state index contributed by atoms with van der Waals surface area (Å²) in [4.78, 5) is 0. The Balaban J connectivity index is 1.78. The Morgan fingerprint density at radius 1 is 0.926 bits per heavy atom. The quantitative estimate of drug-likeness (QED) is 0.658. The molecule has 2 aromatic carbocycles. The van der Waals surface area contributed by atoms with Crippen LogP contribution in [0.5, 0.6) is 0 Å². The van der Waals surface area contributed by atoms with Crippen molar-refractivity contribution in [2.24, 2.45) is 0 Å². The molecule has 0 unspecified atom stereocenters. The van der Waals surface area contributed by atoms with E-state index in [-0.39, 0.29) is 18.3 Å². The molecule has 1 aliphatic heterocycles. The molecule has 0 N–H and O–H groups in total. The van der Waals surface area contributed by atoms with E-state index < -0.39 is 0 Å². The van der Waals surface area contributed by atoms with Gasteiger partial charge in [0.25, 0.3) is 0 Å². The molecule has 0 atom stereocenters. The van der Waals surface area contributed by atoms with Crippen molar-refractivity contribution in [1.82, 2.24) is 4.57 Å². The van der Waals surface area contributed by atoms with Crippen LogP contribution in [0, 0.1) is 6.92 Å². The monoisotopic (exact) mass is 356 g/mol. The molecule has 27 heavy (non-hydrogen) atoms. The van der Waals surface area contributed by atoms with E-state index in [0.717, 1.165) is 23.8 Å². The van der Waals surface area contributed by atoms with Crippen molar-refractivity contribution in [3.8, 4) is 0 Å². The zero-order valence-corrected chi connectivity index (χ0v) is 16.7. The van der Waals surface area contributed by atoms with Crippen LogP contribution in [0.3, 0.4) is 0 Å². The van der Waals surface area contributed by atoms with E-state index in [1.54, 1.807) is 6.09 Å². The Morgan fingerprint density at radius 3 is 2.07 bits per heavy atom. The summed E-state index contributed by atoms with van der Waals surface area (Å²) < 4.78 is 14.7. The molecule has 5 rings (SSSR count). The first kappa shape index (κ1) is 17.3. The Bertz CT molecular complexity index is 1110. The fraction of sp³-hybridized carbons (Fsp3) is 0.409. The van der Waals surface area contributed by atoms with Crippen molar-refractivity contribution in [1.29, 1.82) is 0 Å². The van der Waals surface area contributed by atoms with Crippen LogP contribution >= 0.6 is 0 Å². The predicted molar refractivity (Wildman–Crippen MR) is 115 cm³/mol. The van der Waals surface area contributed by atoms with E-state index >= 15 is 0 Å². The number of hydrogen-bond donors (Lipinski definition) is 0. The number of hydrogen-bond acceptors (Lipinski definition) is 2. The van der Waals surface area contributed by atoms with Gasteiger partial charge < -0.3 is 0 Å². The van der Waals surface area contributed by atoms with Crippen LogP contribution < -0.4 is 5.46 Å². The van der Waals surface area contributed by atoms with E-state index in [0.29, 0.717) is 0 Å². The zero-order valence-electron chi connectivity index (χ0n) is 16.7. The van der Waals surface area contributed by atoms with E-state index in [1.807, 2.05) is 0 Å². The minimum absolute atomic E-state index is 0.346. The number of nitrogens with zero attached hydrogens (tertiary/aromatic N) is 1. The number of aryl methyl sites for hydroxylation is 3. The molecular formula is C22H24B2NO2. The fourth-order valence-electron chi connectivity index (χ4n) is 4.58. The summed E-state index contributed by atoms with van der Waals surface area (Å²) >= 11 is 0. The summed E-state index contributed by atoms with van der Waals surface area (Å²) in [5.74, 6) is 0. The summed E-state index contributed by atoms with van der Waals surface area (Å²) in [6.07, 6.45) is 3.77. The second kappa shape index (κ2) is 5.36. The minimum atomic E-state index is -0.358. The van der Waals surface area contributed by atoms with Crippen LogP contribution in [-0.2, 0) is 22.2 Å². The first-order valence-electron chi connectivity index (χ1n) is 9.72. The molecule has 3 nitrogen and oxygen atoms in total. The van der Waals surface area contributed by atoms with E-state index in [1.165, 1.54) is 33.0 Å². The van der Waals surface area contributed by atoms with Crippen molar-refractivity contribution in [3.63, 3.8) is 0 Å². The van der Waals surface area contributed by atoms with Crippen LogP contribution in [0.15, 0.2) is 24.3 Å². The first-order chi connectivity index (χ1) is 12.7. The molecule has 0 spiro atoms. The van der Waals surface area contributed by atoms with Crippen LogP contribution in [0.2, 0.25) is 0 Å². The third-order valence-electron chi connectivity index (χ3n) is 6.67. The molecule has 0 amide bonds. The molecule has 2 aliphatic rings. The molecule has 5 heteroatoms. The Hall–Kier alpha value is -1.84. The van der Waals surface area contributed by atoms with Gasteiger partial charge in [-0.05, 0) is 0 Å². The van der Waals surface area contributed by atoms with Gasteiger partial charge in [-0.1, -0.05) is 0 Å². The zero-order chi connectivity index (χ0) is 19.1. The normalized spacial score (nSPS) is 20.1. The molecule has 1 radical (unpaired) electrons. The summed E-state index contributed by atoms with van der Waals surface area (Å²) in [6.45, 7) is 10.5. The summed E-state index contributed by atoms with van der Waals surface area (Å²) in [7, 11) is 5.70. The number of rotatable bonds is 2. The maximum absolute atomic E-state index is 6.31. The standard InChI is InChI=1S/C22H24B2NO2/c1-13-8-14-6-7-15-10-16(24-26-21(2,3)22(4,5)27-24)11-18-20(15)19(14)17(9-13)25(18)12-23/h8-12H,6-7H2,1-5H3. The van der Waals surface area contributed by atoms with Gasteiger partial charge in [0.15, 0.2) is 0 Å². The van der Waals surface area contributed by atoms with Gasteiger partial charge in [-0.2, -0.15) is 0 Å². The van der Waals surface area contributed by atoms with Gasteiger partial charge in [-0.15, -0.1) is 0 Å². The number of benzene rings is 2. The Labute approximate surface area is 161 Å². The predicted octanol–water partition coefficient (Wildman–Crippen LogP) is 3.28. The molecule has 0 bridgehead atoms. The van der Waals surface area contributed by atoms with Crippen molar-refractivity contribution >= 4 is 48.0 Å². The summed E-state index contributed by atoms with van der Waals surface area (Å²) in [6, 6.07) is 9.00. The third kappa shape index (κ3) is 2.28. The van der Waals surface area contributed by atoms with Crippen molar-refractivity contribution in [2.45, 2.75) is 58.7 Å². The first-order valence-corrected chi connectivity index (χ1v) is 9.72. The molecule has 1 aromatic heterocycles. The summed E-state index contributed by atoms with van der Waals surface area (Å²) in [5, 5.41) is 2.67. The summed E-state index contributed by atoms with van der Waals surface area (Å²) in [5.41, 5.74) is 6.77. The third-order valence-corrected chi connectivity index (χ3v) is 6.67. The van der Waals surface area contributed by atoms with Gasteiger partial charge in [-0.25, -0.2) is 0 Å². The van der Waals surface area contributed by atoms with Gasteiger partial charge in [0, 0.05) is 0 Å². The van der Waals surface area contributed by atoms with Gasteiger partial charge in [-0.3, -0.25) is 0 Å². The Kier molecular flexibility index (Phi) is 3.43. The Morgan fingerprint density at radius 2 is 1.48 bits per heavy atom. The van der Waals surface area contributed by atoms with Crippen LogP contribution in [0.1, 0.15) is 44.4 Å². The van der Waals surface area contributed by atoms with Gasteiger partial charge >= 0.3 is 161 Å². The van der Waals surface area contributed by atoms with Crippen LogP contribution in [-0.4, -0.2) is 36.5 Å². The molecule has 3 aromatic rings. The van der Waals surface area contributed by atoms with E-state index in [2.05, 4.69) is 63.5 Å². The van der Waals surface area contributed by atoms with Gasteiger partial charge in [0.05, 0.1) is 0 Å². The second-order valence-electron chi connectivity index (χ2n) is 9.00. The van der Waals surface area contributed by atoms with Crippen molar-refractivity contribution in [3.05, 3.63) is 41.0 Å². The van der Waals surface area contributed by atoms with E-state index in [9.17, 15) is 0 Å². The average molecular weight is 356 g/mol. The molecule has 1 fully saturated rings.